The molecule has 140 valence electrons. The van der Waals surface area contributed by atoms with Crippen LogP contribution < -0.4 is 0 Å². The summed E-state index contributed by atoms with van der Waals surface area (Å²) in [5, 5.41) is 11.6. The molecular weight excluding hydrogens is 370 g/mol. The van der Waals surface area contributed by atoms with Gasteiger partial charge in [0.05, 0.1) is 6.61 Å². The van der Waals surface area contributed by atoms with E-state index in [2.05, 4.69) is 0 Å². The summed E-state index contributed by atoms with van der Waals surface area (Å²) in [5.41, 5.74) is -0.666. The lowest BCUT2D eigenvalue weighted by atomic mass is 9.96. The van der Waals surface area contributed by atoms with Crippen LogP contribution in [0, 0.1) is 0 Å². The van der Waals surface area contributed by atoms with Crippen molar-refractivity contribution < 1.29 is 19.4 Å². The molecule has 0 radical (unpaired) electrons. The first-order valence-corrected chi connectivity index (χ1v) is 10.4. The average molecular weight is 394 g/mol. The summed E-state index contributed by atoms with van der Waals surface area (Å²) in [6, 6.07) is 8.89. The van der Waals surface area contributed by atoms with E-state index < -0.39 is 11.7 Å². The van der Waals surface area contributed by atoms with Gasteiger partial charge in [-0.05, 0) is 24.5 Å². The number of thioether (sulfide) groups is 2. The van der Waals surface area contributed by atoms with E-state index in [4.69, 9.17) is 4.74 Å². The summed E-state index contributed by atoms with van der Waals surface area (Å²) >= 11 is 3.16. The van der Waals surface area contributed by atoms with Gasteiger partial charge >= 0.3 is 5.97 Å². The molecule has 0 spiro atoms. The second kappa shape index (κ2) is 9.30. The highest BCUT2D eigenvalue weighted by Gasteiger charge is 2.49. The fourth-order valence-corrected chi connectivity index (χ4v) is 5.01. The molecule has 5 nitrogen and oxygen atoms in total. The van der Waals surface area contributed by atoms with Gasteiger partial charge in [-0.3, -0.25) is 9.69 Å². The number of aliphatic hydroxyl groups is 1. The van der Waals surface area contributed by atoms with Crippen LogP contribution in [0.2, 0.25) is 0 Å². The molecule has 0 unspecified atom stereocenters. The molecule has 2 rings (SSSR count). The topological polar surface area (TPSA) is 66.8 Å². The Balaban J connectivity index is 2.70. The molecule has 1 amide bonds. The van der Waals surface area contributed by atoms with E-state index in [-0.39, 0.29) is 12.3 Å². The number of nitrogens with zero attached hydrogens (tertiary/aromatic N) is 1. The standard InChI is InChI=1S/C19H23NO4S2/c1-4-24-17(22)16-12-15(18(25-5-2)26-6-3)19(23,20(16)13-21)14-10-8-7-9-11-14/h7-13,23H,4-6H2,1-3H3/t19-/m0/s1. The summed E-state index contributed by atoms with van der Waals surface area (Å²) in [6.45, 7) is 5.92. The van der Waals surface area contributed by atoms with Gasteiger partial charge in [-0.25, -0.2) is 4.79 Å². The number of hydrogen-bond donors (Lipinski definition) is 1. The highest BCUT2D eigenvalue weighted by atomic mass is 32.2. The van der Waals surface area contributed by atoms with Crippen molar-refractivity contribution >= 4 is 35.9 Å². The van der Waals surface area contributed by atoms with Gasteiger partial charge in [0.1, 0.15) is 5.70 Å². The van der Waals surface area contributed by atoms with Gasteiger partial charge in [-0.1, -0.05) is 44.2 Å². The largest absolute Gasteiger partial charge is 0.461 e. The van der Waals surface area contributed by atoms with Crippen LogP contribution in [0.15, 0.2) is 51.9 Å². The van der Waals surface area contributed by atoms with E-state index in [1.165, 1.54) is 0 Å². The SMILES string of the molecule is CCOC(=O)C1=CC(=C(SCC)SCC)[C@@](O)(c2ccccc2)N1C=O. The molecule has 1 heterocycles. The molecule has 0 saturated carbocycles. The van der Waals surface area contributed by atoms with E-state index in [1.807, 2.05) is 19.9 Å². The number of amides is 1. The summed E-state index contributed by atoms with van der Waals surface area (Å²) in [4.78, 5) is 25.3. The molecule has 7 heteroatoms. The van der Waals surface area contributed by atoms with E-state index >= 15 is 0 Å². The number of carbonyl (C=O) groups excluding carboxylic acids is 2. The first-order chi connectivity index (χ1) is 12.5. The van der Waals surface area contributed by atoms with Gasteiger partial charge in [0.2, 0.25) is 6.41 Å². The van der Waals surface area contributed by atoms with Crippen molar-refractivity contribution in [2.75, 3.05) is 18.1 Å². The number of ether oxygens (including phenoxy) is 1. The van der Waals surface area contributed by atoms with Crippen LogP contribution >= 0.6 is 23.5 Å². The maximum absolute atomic E-state index is 12.4. The molecule has 1 aliphatic rings. The zero-order chi connectivity index (χ0) is 19.2. The van der Waals surface area contributed by atoms with Crippen molar-refractivity contribution in [2.45, 2.75) is 26.5 Å². The van der Waals surface area contributed by atoms with Crippen molar-refractivity contribution in [2.24, 2.45) is 0 Å². The van der Waals surface area contributed by atoms with E-state index in [1.54, 1.807) is 60.8 Å². The van der Waals surface area contributed by atoms with Crippen LogP contribution in [0.3, 0.4) is 0 Å². The van der Waals surface area contributed by atoms with Crippen LogP contribution in [-0.4, -0.2) is 40.5 Å². The number of esters is 1. The van der Waals surface area contributed by atoms with Crippen LogP contribution in [-0.2, 0) is 20.1 Å². The number of hydrogen-bond acceptors (Lipinski definition) is 6. The minimum atomic E-state index is -1.75. The zero-order valence-electron chi connectivity index (χ0n) is 15.1. The molecule has 1 aliphatic heterocycles. The van der Waals surface area contributed by atoms with Gasteiger partial charge in [0.25, 0.3) is 0 Å². The van der Waals surface area contributed by atoms with Gasteiger partial charge in [-0.2, -0.15) is 0 Å². The van der Waals surface area contributed by atoms with Crippen molar-refractivity contribution in [3.05, 3.63) is 57.5 Å². The molecule has 26 heavy (non-hydrogen) atoms. The predicted molar refractivity (Wildman–Crippen MR) is 106 cm³/mol. The fourth-order valence-electron chi connectivity index (χ4n) is 2.73. The molecule has 0 aliphatic carbocycles. The molecular formula is C19H23NO4S2. The van der Waals surface area contributed by atoms with Gasteiger partial charge in [0.15, 0.2) is 5.72 Å². The minimum Gasteiger partial charge on any atom is -0.461 e. The molecule has 1 N–H and O–H groups in total. The monoisotopic (exact) mass is 393 g/mol. The molecule has 1 atom stereocenters. The first kappa shape index (κ1) is 20.6. The second-order valence-electron chi connectivity index (χ2n) is 5.33. The third-order valence-electron chi connectivity index (χ3n) is 3.80. The average Bonchev–Trinajstić information content (AvgIpc) is 2.96. The van der Waals surface area contributed by atoms with Crippen LogP contribution in [0.4, 0.5) is 0 Å². The molecule has 0 bridgehead atoms. The van der Waals surface area contributed by atoms with Crippen molar-refractivity contribution in [1.29, 1.82) is 0 Å². The van der Waals surface area contributed by atoms with Crippen molar-refractivity contribution in [3.8, 4) is 0 Å². The maximum atomic E-state index is 12.4. The molecule has 0 fully saturated rings. The summed E-state index contributed by atoms with van der Waals surface area (Å²) in [6.07, 6.45) is 2.05. The Hall–Kier alpha value is -1.70. The Labute approximate surface area is 162 Å². The van der Waals surface area contributed by atoms with Gasteiger partial charge < -0.3 is 9.84 Å². The predicted octanol–water partition coefficient (Wildman–Crippen LogP) is 3.47. The van der Waals surface area contributed by atoms with Crippen molar-refractivity contribution in [1.82, 2.24) is 4.90 Å². The van der Waals surface area contributed by atoms with E-state index in [0.717, 1.165) is 20.6 Å². The highest BCUT2D eigenvalue weighted by molar-refractivity contribution is 8.22. The smallest absolute Gasteiger partial charge is 0.355 e. The lowest BCUT2D eigenvalue weighted by molar-refractivity contribution is -0.148. The van der Waals surface area contributed by atoms with Crippen LogP contribution in [0.1, 0.15) is 26.3 Å². The fraction of sp³-hybridized carbons (Fsp3) is 0.368. The maximum Gasteiger partial charge on any atom is 0.355 e. The number of benzene rings is 1. The molecule has 0 saturated heterocycles. The van der Waals surface area contributed by atoms with Crippen LogP contribution in [0.5, 0.6) is 0 Å². The quantitative estimate of drug-likeness (QED) is 0.539. The van der Waals surface area contributed by atoms with E-state index in [0.29, 0.717) is 17.5 Å². The lowest BCUT2D eigenvalue weighted by Crippen LogP contribution is -2.44. The lowest BCUT2D eigenvalue weighted by Gasteiger charge is -2.34. The number of rotatable bonds is 8. The Kier molecular flexibility index (Phi) is 7.37. The summed E-state index contributed by atoms with van der Waals surface area (Å²) < 4.78 is 5.96. The Bertz CT molecular complexity index is 710. The molecule has 1 aromatic carbocycles. The van der Waals surface area contributed by atoms with Gasteiger partial charge in [0, 0.05) is 15.4 Å². The zero-order valence-corrected chi connectivity index (χ0v) is 16.7. The highest BCUT2D eigenvalue weighted by Crippen LogP contribution is 2.48. The Morgan fingerprint density at radius 1 is 1.19 bits per heavy atom. The normalized spacial score (nSPS) is 19.3. The summed E-state index contributed by atoms with van der Waals surface area (Å²) in [7, 11) is 0. The molecule has 1 aromatic rings. The number of carbonyl (C=O) groups is 2. The van der Waals surface area contributed by atoms with Crippen LogP contribution in [0.25, 0.3) is 0 Å². The summed E-state index contributed by atoms with van der Waals surface area (Å²) in [5.74, 6) is 0.979. The first-order valence-electron chi connectivity index (χ1n) is 8.46. The van der Waals surface area contributed by atoms with Gasteiger partial charge in [-0.15, -0.1) is 23.5 Å². The minimum absolute atomic E-state index is 0.0362. The van der Waals surface area contributed by atoms with E-state index in [9.17, 15) is 14.7 Å². The third-order valence-corrected chi connectivity index (χ3v) is 6.05. The second-order valence-corrected chi connectivity index (χ2v) is 8.14. The Morgan fingerprint density at radius 3 is 2.31 bits per heavy atom. The Morgan fingerprint density at radius 2 is 1.81 bits per heavy atom. The molecule has 0 aromatic heterocycles. The third kappa shape index (κ3) is 3.84. The van der Waals surface area contributed by atoms with Crippen molar-refractivity contribution in [3.63, 3.8) is 0 Å².